The van der Waals surface area contributed by atoms with Crippen molar-refractivity contribution >= 4 is 11.6 Å². The van der Waals surface area contributed by atoms with Gasteiger partial charge in [0.15, 0.2) is 0 Å². The predicted molar refractivity (Wildman–Crippen MR) is 116 cm³/mol. The minimum absolute atomic E-state index is 0.0299. The molecule has 1 saturated carbocycles. The molecule has 31 heavy (non-hydrogen) atoms. The maximum atomic E-state index is 12.5. The monoisotopic (exact) mass is 426 g/mol. The largest absolute Gasteiger partial charge is 0.469 e. The number of rotatable bonds is 4. The molecule has 9 heteroatoms. The van der Waals surface area contributed by atoms with Crippen molar-refractivity contribution in [3.05, 3.63) is 30.9 Å². The van der Waals surface area contributed by atoms with E-state index in [1.165, 1.54) is 0 Å². The minimum atomic E-state index is -0.525. The maximum absolute atomic E-state index is 12.5. The molecule has 0 spiro atoms. The van der Waals surface area contributed by atoms with Crippen molar-refractivity contribution in [1.82, 2.24) is 29.3 Å². The molecule has 1 amide bonds. The first-order valence-electron chi connectivity index (χ1n) is 10.4. The van der Waals surface area contributed by atoms with E-state index < -0.39 is 11.2 Å². The van der Waals surface area contributed by atoms with Crippen molar-refractivity contribution in [2.45, 2.75) is 58.3 Å². The van der Waals surface area contributed by atoms with Gasteiger partial charge in [-0.25, -0.2) is 14.3 Å². The van der Waals surface area contributed by atoms with Crippen LogP contribution in [-0.2, 0) is 11.8 Å². The van der Waals surface area contributed by atoms with Crippen LogP contribution in [0.15, 0.2) is 30.9 Å². The van der Waals surface area contributed by atoms with Gasteiger partial charge >= 0.3 is 6.09 Å². The lowest BCUT2D eigenvalue weighted by Crippen LogP contribution is -2.64. The van der Waals surface area contributed by atoms with Crippen LogP contribution in [0.25, 0.3) is 16.8 Å². The Kier molecular flexibility index (Phi) is 4.94. The van der Waals surface area contributed by atoms with Crippen molar-refractivity contribution in [2.75, 3.05) is 7.05 Å². The van der Waals surface area contributed by atoms with Crippen LogP contribution in [-0.4, -0.2) is 59.7 Å². The van der Waals surface area contributed by atoms with Crippen molar-refractivity contribution in [3.63, 3.8) is 0 Å². The molecule has 4 rings (SSSR count). The Balaban J connectivity index is 1.56. The fourth-order valence-electron chi connectivity index (χ4n) is 3.99. The maximum Gasteiger partial charge on any atom is 0.410 e. The van der Waals surface area contributed by atoms with Crippen LogP contribution < -0.4 is 4.74 Å². The Morgan fingerprint density at radius 1 is 1.29 bits per heavy atom. The van der Waals surface area contributed by atoms with Crippen LogP contribution >= 0.6 is 0 Å². The zero-order valence-corrected chi connectivity index (χ0v) is 19.2. The molecule has 0 radical (unpaired) electrons. The molecular weight excluding hydrogens is 396 g/mol. The van der Waals surface area contributed by atoms with E-state index in [-0.39, 0.29) is 18.1 Å². The third kappa shape index (κ3) is 3.96. The zero-order chi connectivity index (χ0) is 22.6. The van der Waals surface area contributed by atoms with E-state index in [0.29, 0.717) is 12.3 Å². The Hall–Kier alpha value is -3.10. The van der Waals surface area contributed by atoms with Crippen LogP contribution in [0.3, 0.4) is 0 Å². The fourth-order valence-corrected chi connectivity index (χ4v) is 3.99. The van der Waals surface area contributed by atoms with E-state index in [0.717, 1.165) is 16.8 Å². The number of aromatic nitrogens is 5. The summed E-state index contributed by atoms with van der Waals surface area (Å²) >= 11 is 0. The SMILES string of the molecule is CC1C(N(C)C(=O)OC(C)(C)C)CC1(C)Oc1nc(-c2cnn(C)c2)cn2nccc12. The number of aryl methyl sites for hydroxylation is 1. The first kappa shape index (κ1) is 21.1. The molecule has 0 bridgehead atoms. The van der Waals surface area contributed by atoms with Crippen LogP contribution in [0.4, 0.5) is 4.79 Å². The number of ether oxygens (including phenoxy) is 2. The summed E-state index contributed by atoms with van der Waals surface area (Å²) in [6.45, 7) is 9.76. The highest BCUT2D eigenvalue weighted by atomic mass is 16.6. The van der Waals surface area contributed by atoms with Crippen molar-refractivity contribution in [1.29, 1.82) is 0 Å². The third-order valence-electron chi connectivity index (χ3n) is 6.02. The first-order valence-corrected chi connectivity index (χ1v) is 10.4. The topological polar surface area (TPSA) is 86.8 Å². The average molecular weight is 427 g/mol. The summed E-state index contributed by atoms with van der Waals surface area (Å²) in [5, 5.41) is 8.60. The Morgan fingerprint density at radius 2 is 2.03 bits per heavy atom. The summed E-state index contributed by atoms with van der Waals surface area (Å²) in [4.78, 5) is 18.9. The van der Waals surface area contributed by atoms with Crippen LogP contribution in [0.2, 0.25) is 0 Å². The van der Waals surface area contributed by atoms with Crippen molar-refractivity contribution in [2.24, 2.45) is 13.0 Å². The summed E-state index contributed by atoms with van der Waals surface area (Å²) < 4.78 is 15.5. The second kappa shape index (κ2) is 7.25. The quantitative estimate of drug-likeness (QED) is 0.634. The number of carbonyl (C=O) groups is 1. The number of amides is 1. The van der Waals surface area contributed by atoms with E-state index in [4.69, 9.17) is 14.5 Å². The Bertz CT molecular complexity index is 1110. The molecule has 1 aliphatic rings. The summed E-state index contributed by atoms with van der Waals surface area (Å²) in [5.41, 5.74) is 1.43. The molecule has 0 N–H and O–H groups in total. The first-order chi connectivity index (χ1) is 14.5. The van der Waals surface area contributed by atoms with Gasteiger partial charge in [0.1, 0.15) is 16.7 Å². The Morgan fingerprint density at radius 3 is 2.65 bits per heavy atom. The molecule has 1 aliphatic carbocycles. The van der Waals surface area contributed by atoms with Gasteiger partial charge in [-0.2, -0.15) is 10.2 Å². The Labute approximate surface area is 182 Å². The van der Waals surface area contributed by atoms with Crippen molar-refractivity contribution in [3.8, 4) is 17.1 Å². The van der Waals surface area contributed by atoms with Gasteiger partial charge in [-0.05, 0) is 33.8 Å². The molecule has 0 aliphatic heterocycles. The molecule has 3 heterocycles. The summed E-state index contributed by atoms with van der Waals surface area (Å²) in [6.07, 6.45) is 7.62. The lowest BCUT2D eigenvalue weighted by atomic mass is 9.66. The summed E-state index contributed by atoms with van der Waals surface area (Å²) in [6, 6.07) is 1.91. The van der Waals surface area contributed by atoms with Gasteiger partial charge in [-0.3, -0.25) is 4.68 Å². The highest BCUT2D eigenvalue weighted by Crippen LogP contribution is 2.45. The molecule has 166 valence electrons. The molecule has 0 aromatic carbocycles. The van der Waals surface area contributed by atoms with Crippen molar-refractivity contribution < 1.29 is 14.3 Å². The van der Waals surface area contributed by atoms with Crippen LogP contribution in [0.1, 0.15) is 41.0 Å². The van der Waals surface area contributed by atoms with Gasteiger partial charge in [0.2, 0.25) is 5.88 Å². The van der Waals surface area contributed by atoms with Gasteiger partial charge in [-0.15, -0.1) is 0 Å². The van der Waals surface area contributed by atoms with E-state index in [1.807, 2.05) is 46.3 Å². The average Bonchev–Trinajstić information content (AvgIpc) is 3.32. The van der Waals surface area contributed by atoms with E-state index >= 15 is 0 Å². The highest BCUT2D eigenvalue weighted by molar-refractivity contribution is 5.68. The molecular formula is C22H30N6O3. The molecule has 3 atom stereocenters. The molecule has 3 aromatic rings. The summed E-state index contributed by atoms with van der Waals surface area (Å²) in [7, 11) is 3.65. The number of hydrogen-bond donors (Lipinski definition) is 0. The van der Waals surface area contributed by atoms with E-state index in [1.54, 1.807) is 33.5 Å². The molecule has 0 saturated heterocycles. The normalized spacial score (nSPS) is 23.5. The second-order valence-electron chi connectivity index (χ2n) is 9.56. The van der Waals surface area contributed by atoms with Gasteiger partial charge in [0, 0.05) is 44.2 Å². The van der Waals surface area contributed by atoms with E-state index in [9.17, 15) is 4.79 Å². The number of carbonyl (C=O) groups excluding carboxylic acids is 1. The van der Waals surface area contributed by atoms with Crippen LogP contribution in [0.5, 0.6) is 5.88 Å². The van der Waals surface area contributed by atoms with Gasteiger partial charge < -0.3 is 14.4 Å². The van der Waals surface area contributed by atoms with Gasteiger partial charge in [0.05, 0.1) is 24.3 Å². The standard InChI is InChI=1S/C22H30N6O3/c1-14-18(27(7)20(29)31-21(2,3)4)10-22(14,5)30-19-17-8-9-23-28(17)13-16(25-19)15-11-24-26(6)12-15/h8-9,11-14,18H,10H2,1-7H3. The number of nitrogens with zero attached hydrogens (tertiary/aromatic N) is 6. The smallest absolute Gasteiger partial charge is 0.410 e. The lowest BCUT2D eigenvalue weighted by molar-refractivity contribution is -0.108. The lowest BCUT2D eigenvalue weighted by Gasteiger charge is -2.53. The predicted octanol–water partition coefficient (Wildman–Crippen LogP) is 3.54. The molecule has 3 unspecified atom stereocenters. The minimum Gasteiger partial charge on any atom is -0.469 e. The van der Waals surface area contributed by atoms with Gasteiger partial charge in [-0.1, -0.05) is 6.92 Å². The number of hydrogen-bond acceptors (Lipinski definition) is 6. The molecule has 1 fully saturated rings. The molecule has 3 aromatic heterocycles. The zero-order valence-electron chi connectivity index (χ0n) is 19.2. The third-order valence-corrected chi connectivity index (χ3v) is 6.02. The van der Waals surface area contributed by atoms with Crippen LogP contribution in [0, 0.1) is 5.92 Å². The molecule has 9 nitrogen and oxygen atoms in total. The summed E-state index contributed by atoms with van der Waals surface area (Å²) in [5.74, 6) is 0.614. The van der Waals surface area contributed by atoms with Gasteiger partial charge in [0.25, 0.3) is 0 Å². The highest BCUT2D eigenvalue weighted by Gasteiger charge is 2.53. The number of fused-ring (bicyclic) bond motifs is 1. The second-order valence-corrected chi connectivity index (χ2v) is 9.56. The fraction of sp³-hybridized carbons (Fsp3) is 0.545. The van der Waals surface area contributed by atoms with E-state index in [2.05, 4.69) is 24.0 Å².